The Morgan fingerprint density at radius 1 is 1.29 bits per heavy atom. The molecular weight excluding hydrogens is 240 g/mol. The van der Waals surface area contributed by atoms with E-state index in [4.69, 9.17) is 0 Å². The molecule has 2 heteroatoms. The van der Waals surface area contributed by atoms with Crippen LogP contribution < -0.4 is 0 Å². The number of benzene rings is 1. The van der Waals surface area contributed by atoms with Gasteiger partial charge in [0.1, 0.15) is 5.78 Å². The van der Waals surface area contributed by atoms with Crippen LogP contribution >= 0.6 is 15.9 Å². The molecule has 0 amide bonds. The van der Waals surface area contributed by atoms with Gasteiger partial charge in [0, 0.05) is 10.9 Å². The number of Topliss-reactive ketones (excluding diaryl/α,β-unsaturated/α-hetero) is 1. The lowest BCUT2D eigenvalue weighted by molar-refractivity contribution is -0.116. The predicted molar refractivity (Wildman–Crippen MR) is 62.6 cm³/mol. The van der Waals surface area contributed by atoms with Crippen LogP contribution in [-0.4, -0.2) is 5.78 Å². The Hall–Kier alpha value is -0.630. The normalized spacial score (nSPS) is 10.3. The SMILES string of the molecule is CC(=O)CCc1cc(C)c(Br)c(C)c1. The first-order chi connectivity index (χ1) is 6.50. The highest BCUT2D eigenvalue weighted by Gasteiger charge is 2.03. The van der Waals surface area contributed by atoms with Crippen molar-refractivity contribution in [3.8, 4) is 0 Å². The molecule has 0 aliphatic carbocycles. The molecule has 0 bridgehead atoms. The van der Waals surface area contributed by atoms with Crippen LogP contribution in [0.3, 0.4) is 0 Å². The highest BCUT2D eigenvalue weighted by molar-refractivity contribution is 9.10. The van der Waals surface area contributed by atoms with Gasteiger partial charge in [0.25, 0.3) is 0 Å². The van der Waals surface area contributed by atoms with Crippen molar-refractivity contribution < 1.29 is 4.79 Å². The average molecular weight is 255 g/mol. The third-order valence-electron chi connectivity index (χ3n) is 2.26. The van der Waals surface area contributed by atoms with Crippen LogP contribution in [0.1, 0.15) is 30.0 Å². The van der Waals surface area contributed by atoms with Gasteiger partial charge in [0.05, 0.1) is 0 Å². The minimum Gasteiger partial charge on any atom is -0.300 e. The van der Waals surface area contributed by atoms with Gasteiger partial charge in [-0.15, -0.1) is 0 Å². The van der Waals surface area contributed by atoms with E-state index in [9.17, 15) is 4.79 Å². The first kappa shape index (κ1) is 11.4. The molecule has 0 saturated heterocycles. The third-order valence-corrected chi connectivity index (χ3v) is 3.51. The number of hydrogen-bond acceptors (Lipinski definition) is 1. The molecule has 0 aliphatic heterocycles. The zero-order valence-electron chi connectivity index (χ0n) is 8.86. The Labute approximate surface area is 93.7 Å². The van der Waals surface area contributed by atoms with Crippen LogP contribution in [0.4, 0.5) is 0 Å². The molecule has 1 aromatic rings. The van der Waals surface area contributed by atoms with Crippen LogP contribution in [0.5, 0.6) is 0 Å². The molecule has 0 aromatic heterocycles. The molecule has 0 N–H and O–H groups in total. The van der Waals surface area contributed by atoms with Crippen molar-refractivity contribution in [3.05, 3.63) is 33.3 Å². The topological polar surface area (TPSA) is 17.1 Å². The van der Waals surface area contributed by atoms with Crippen molar-refractivity contribution in [2.75, 3.05) is 0 Å². The van der Waals surface area contributed by atoms with Gasteiger partial charge >= 0.3 is 0 Å². The molecule has 0 atom stereocenters. The first-order valence-corrected chi connectivity index (χ1v) is 5.55. The van der Waals surface area contributed by atoms with E-state index in [1.807, 2.05) is 0 Å². The summed E-state index contributed by atoms with van der Waals surface area (Å²) in [6.45, 7) is 5.79. The second-order valence-electron chi connectivity index (χ2n) is 3.75. The summed E-state index contributed by atoms with van der Waals surface area (Å²) in [5.74, 6) is 0.253. The molecule has 0 heterocycles. The van der Waals surface area contributed by atoms with Gasteiger partial charge in [-0.2, -0.15) is 0 Å². The van der Waals surface area contributed by atoms with Crippen molar-refractivity contribution in [1.82, 2.24) is 0 Å². The molecule has 1 rings (SSSR count). The summed E-state index contributed by atoms with van der Waals surface area (Å²) in [7, 11) is 0. The van der Waals surface area contributed by atoms with E-state index < -0.39 is 0 Å². The smallest absolute Gasteiger partial charge is 0.130 e. The summed E-state index contributed by atoms with van der Waals surface area (Å²) in [5.41, 5.74) is 3.73. The molecule has 0 radical (unpaired) electrons. The van der Waals surface area contributed by atoms with E-state index in [-0.39, 0.29) is 5.78 Å². The van der Waals surface area contributed by atoms with Gasteiger partial charge in [0.15, 0.2) is 0 Å². The maximum Gasteiger partial charge on any atom is 0.130 e. The van der Waals surface area contributed by atoms with Crippen LogP contribution in [0.2, 0.25) is 0 Å². The summed E-state index contributed by atoms with van der Waals surface area (Å²) in [6, 6.07) is 4.28. The summed E-state index contributed by atoms with van der Waals surface area (Å²) < 4.78 is 1.17. The molecule has 0 spiro atoms. The predicted octanol–water partition coefficient (Wildman–Crippen LogP) is 3.59. The molecule has 0 aliphatic rings. The average Bonchev–Trinajstić information content (AvgIpc) is 2.10. The van der Waals surface area contributed by atoms with Crippen LogP contribution in [0.25, 0.3) is 0 Å². The zero-order chi connectivity index (χ0) is 10.7. The first-order valence-electron chi connectivity index (χ1n) is 4.75. The van der Waals surface area contributed by atoms with Crippen LogP contribution in [0.15, 0.2) is 16.6 Å². The Kier molecular flexibility index (Phi) is 3.87. The van der Waals surface area contributed by atoms with Crippen molar-refractivity contribution in [1.29, 1.82) is 0 Å². The van der Waals surface area contributed by atoms with E-state index in [0.29, 0.717) is 6.42 Å². The van der Waals surface area contributed by atoms with Gasteiger partial charge in [0.2, 0.25) is 0 Å². The van der Waals surface area contributed by atoms with E-state index in [1.165, 1.54) is 21.2 Å². The Balaban J connectivity index is 2.84. The summed E-state index contributed by atoms with van der Waals surface area (Å²) in [6.07, 6.45) is 1.49. The second-order valence-corrected chi connectivity index (χ2v) is 4.54. The maximum atomic E-state index is 10.8. The number of carbonyl (C=O) groups excluding carboxylic acids is 1. The molecule has 1 aromatic carbocycles. The number of hydrogen-bond donors (Lipinski definition) is 0. The fourth-order valence-electron chi connectivity index (χ4n) is 1.50. The summed E-state index contributed by atoms with van der Waals surface area (Å²) in [4.78, 5) is 10.8. The standard InChI is InChI=1S/C12H15BrO/c1-8-6-11(5-4-10(3)14)7-9(2)12(8)13/h6-7H,4-5H2,1-3H3. The molecule has 76 valence electrons. The lowest BCUT2D eigenvalue weighted by Crippen LogP contribution is -1.95. The van der Waals surface area contributed by atoms with Gasteiger partial charge < -0.3 is 4.79 Å². The molecule has 1 nitrogen and oxygen atoms in total. The van der Waals surface area contributed by atoms with Crippen LogP contribution in [-0.2, 0) is 11.2 Å². The Morgan fingerprint density at radius 2 is 1.79 bits per heavy atom. The largest absolute Gasteiger partial charge is 0.300 e. The number of carbonyl (C=O) groups is 1. The number of rotatable bonds is 3. The second kappa shape index (κ2) is 4.74. The van der Waals surface area contributed by atoms with Gasteiger partial charge in [-0.3, -0.25) is 0 Å². The van der Waals surface area contributed by atoms with Gasteiger partial charge in [-0.1, -0.05) is 28.1 Å². The van der Waals surface area contributed by atoms with Crippen LogP contribution in [0, 0.1) is 13.8 Å². The Morgan fingerprint density at radius 3 is 2.21 bits per heavy atom. The third kappa shape index (κ3) is 2.95. The summed E-state index contributed by atoms with van der Waals surface area (Å²) in [5, 5.41) is 0. The molecule has 0 unspecified atom stereocenters. The minimum atomic E-state index is 0.253. The quantitative estimate of drug-likeness (QED) is 0.806. The number of halogens is 1. The van der Waals surface area contributed by atoms with E-state index in [2.05, 4.69) is 41.9 Å². The van der Waals surface area contributed by atoms with Crippen molar-refractivity contribution >= 4 is 21.7 Å². The highest BCUT2D eigenvalue weighted by atomic mass is 79.9. The number of ketones is 1. The highest BCUT2D eigenvalue weighted by Crippen LogP contribution is 2.23. The van der Waals surface area contributed by atoms with Crippen molar-refractivity contribution in [3.63, 3.8) is 0 Å². The van der Waals surface area contributed by atoms with Crippen molar-refractivity contribution in [2.45, 2.75) is 33.6 Å². The molecule has 0 fully saturated rings. The monoisotopic (exact) mass is 254 g/mol. The number of aryl methyl sites for hydroxylation is 3. The fraction of sp³-hybridized carbons (Fsp3) is 0.417. The molecule has 0 saturated carbocycles. The lowest BCUT2D eigenvalue weighted by atomic mass is 10.0. The molecular formula is C12H15BrO. The van der Waals surface area contributed by atoms with Gasteiger partial charge in [-0.05, 0) is 43.9 Å². The summed E-state index contributed by atoms with van der Waals surface area (Å²) >= 11 is 3.53. The molecule has 14 heavy (non-hydrogen) atoms. The van der Waals surface area contributed by atoms with E-state index in [0.717, 1.165) is 6.42 Å². The maximum absolute atomic E-state index is 10.8. The minimum absolute atomic E-state index is 0.253. The van der Waals surface area contributed by atoms with Gasteiger partial charge in [-0.25, -0.2) is 0 Å². The Bertz CT molecular complexity index is 332. The van der Waals surface area contributed by atoms with Crippen molar-refractivity contribution in [2.24, 2.45) is 0 Å². The van der Waals surface area contributed by atoms with E-state index in [1.54, 1.807) is 6.92 Å². The fourth-order valence-corrected chi connectivity index (χ4v) is 1.73. The van der Waals surface area contributed by atoms with E-state index >= 15 is 0 Å². The lowest BCUT2D eigenvalue weighted by Gasteiger charge is -2.06. The zero-order valence-corrected chi connectivity index (χ0v) is 10.4.